The fourth-order valence-corrected chi connectivity index (χ4v) is 1.69. The van der Waals surface area contributed by atoms with E-state index < -0.39 is 0 Å². The van der Waals surface area contributed by atoms with Crippen molar-refractivity contribution < 1.29 is 9.90 Å². The number of carbonyl (C=O) groups is 1. The first-order valence-corrected chi connectivity index (χ1v) is 6.43. The van der Waals surface area contributed by atoms with Crippen LogP contribution in [0.15, 0.2) is 30.3 Å². The highest BCUT2D eigenvalue weighted by atomic mass is 16.3. The van der Waals surface area contributed by atoms with E-state index in [-0.39, 0.29) is 11.5 Å². The van der Waals surface area contributed by atoms with Crippen LogP contribution >= 0.6 is 0 Å². The molecule has 3 N–H and O–H groups in total. The summed E-state index contributed by atoms with van der Waals surface area (Å²) >= 11 is 0. The number of carbonyl (C=O) groups excluding carboxylic acids is 1. The van der Waals surface area contributed by atoms with Crippen molar-refractivity contribution in [2.45, 2.75) is 39.0 Å². The highest BCUT2D eigenvalue weighted by Gasteiger charge is 2.03. The Bertz CT molecular complexity index is 407. The van der Waals surface area contributed by atoms with Crippen LogP contribution in [0.1, 0.15) is 44.6 Å². The van der Waals surface area contributed by atoms with Crippen LogP contribution < -0.4 is 5.73 Å². The van der Waals surface area contributed by atoms with Crippen LogP contribution in [0.25, 0.3) is 5.76 Å². The molecule has 0 unspecified atom stereocenters. The third kappa shape index (κ3) is 5.04. The normalized spacial score (nSPS) is 11.5. The Balaban J connectivity index is 2.49. The van der Waals surface area contributed by atoms with Crippen molar-refractivity contribution in [1.82, 2.24) is 0 Å². The number of aliphatic hydroxyl groups excluding tert-OH is 1. The topological polar surface area (TPSA) is 63.3 Å². The van der Waals surface area contributed by atoms with E-state index >= 15 is 0 Å². The molecule has 0 atom stereocenters. The largest absolute Gasteiger partial charge is 0.507 e. The van der Waals surface area contributed by atoms with E-state index in [0.29, 0.717) is 17.7 Å². The summed E-state index contributed by atoms with van der Waals surface area (Å²) in [6.07, 6.45) is 6.06. The van der Waals surface area contributed by atoms with Crippen molar-refractivity contribution in [3.8, 4) is 0 Å². The van der Waals surface area contributed by atoms with Crippen LogP contribution in [0.5, 0.6) is 0 Å². The van der Waals surface area contributed by atoms with E-state index in [0.717, 1.165) is 25.7 Å². The molecule has 0 saturated carbocycles. The lowest BCUT2D eigenvalue weighted by Crippen LogP contribution is -1.95. The molecular formula is C15H21NO2. The van der Waals surface area contributed by atoms with Crippen LogP contribution in [0.4, 0.5) is 5.69 Å². The standard InChI is InChI=1S/C15H21NO2/c1-2-3-4-5-6-14(17)11-15(18)12-7-9-13(16)10-8-12/h7-11,18H,2-6,16H2,1H3/b15-11-. The number of allylic oxidation sites excluding steroid dienone is 1. The number of benzene rings is 1. The van der Waals surface area contributed by atoms with E-state index in [1.54, 1.807) is 24.3 Å². The van der Waals surface area contributed by atoms with Crippen molar-refractivity contribution in [3.05, 3.63) is 35.9 Å². The molecule has 3 heteroatoms. The Morgan fingerprint density at radius 1 is 1.22 bits per heavy atom. The van der Waals surface area contributed by atoms with E-state index in [1.807, 2.05) is 0 Å². The summed E-state index contributed by atoms with van der Waals surface area (Å²) in [5.74, 6) is -0.0177. The molecule has 0 fully saturated rings. The number of aliphatic hydroxyl groups is 1. The first-order chi connectivity index (χ1) is 8.63. The summed E-state index contributed by atoms with van der Waals surface area (Å²) in [5.41, 5.74) is 6.81. The maximum absolute atomic E-state index is 11.6. The van der Waals surface area contributed by atoms with Crippen molar-refractivity contribution in [3.63, 3.8) is 0 Å². The Hall–Kier alpha value is -1.77. The SMILES string of the molecule is CCCCCCC(=O)/C=C(\O)c1ccc(N)cc1. The van der Waals surface area contributed by atoms with E-state index in [9.17, 15) is 9.90 Å². The second-order valence-electron chi connectivity index (χ2n) is 4.43. The van der Waals surface area contributed by atoms with Gasteiger partial charge in [0.05, 0.1) is 0 Å². The zero-order valence-corrected chi connectivity index (χ0v) is 10.9. The van der Waals surface area contributed by atoms with Crippen LogP contribution in [-0.2, 0) is 4.79 Å². The number of anilines is 1. The molecule has 98 valence electrons. The second-order valence-corrected chi connectivity index (χ2v) is 4.43. The molecule has 0 aliphatic heterocycles. The second kappa shape index (κ2) is 7.54. The molecule has 0 aromatic heterocycles. The Labute approximate surface area is 108 Å². The Morgan fingerprint density at radius 3 is 2.50 bits per heavy atom. The van der Waals surface area contributed by atoms with Crippen molar-refractivity contribution in [2.75, 3.05) is 5.73 Å². The predicted molar refractivity (Wildman–Crippen MR) is 75.2 cm³/mol. The maximum atomic E-state index is 11.6. The highest BCUT2D eigenvalue weighted by Crippen LogP contribution is 2.14. The molecule has 0 bridgehead atoms. The van der Waals surface area contributed by atoms with Gasteiger partial charge < -0.3 is 10.8 Å². The van der Waals surface area contributed by atoms with Gasteiger partial charge in [0.1, 0.15) is 5.76 Å². The van der Waals surface area contributed by atoms with Crippen LogP contribution in [-0.4, -0.2) is 10.9 Å². The van der Waals surface area contributed by atoms with Crippen molar-refractivity contribution >= 4 is 17.2 Å². The zero-order chi connectivity index (χ0) is 13.4. The van der Waals surface area contributed by atoms with Gasteiger partial charge in [-0.3, -0.25) is 4.79 Å². The van der Waals surface area contributed by atoms with E-state index in [2.05, 4.69) is 6.92 Å². The van der Waals surface area contributed by atoms with Gasteiger partial charge in [-0.25, -0.2) is 0 Å². The van der Waals surface area contributed by atoms with E-state index in [1.165, 1.54) is 6.08 Å². The fraction of sp³-hybridized carbons (Fsp3) is 0.400. The number of ketones is 1. The molecule has 0 saturated heterocycles. The lowest BCUT2D eigenvalue weighted by molar-refractivity contribution is -0.114. The molecule has 0 aliphatic carbocycles. The smallest absolute Gasteiger partial charge is 0.159 e. The number of hydrogen-bond acceptors (Lipinski definition) is 3. The lowest BCUT2D eigenvalue weighted by atomic mass is 10.1. The maximum Gasteiger partial charge on any atom is 0.159 e. The quantitative estimate of drug-likeness (QED) is 0.334. The van der Waals surface area contributed by atoms with Gasteiger partial charge in [0.15, 0.2) is 5.78 Å². The molecule has 1 rings (SSSR count). The van der Waals surface area contributed by atoms with Crippen molar-refractivity contribution in [1.29, 1.82) is 0 Å². The predicted octanol–water partition coefficient (Wildman–Crippen LogP) is 3.71. The summed E-state index contributed by atoms with van der Waals surface area (Å²) in [6, 6.07) is 6.80. The number of nitrogen functional groups attached to an aromatic ring is 1. The summed E-state index contributed by atoms with van der Waals surface area (Å²) in [7, 11) is 0. The number of unbranched alkanes of at least 4 members (excludes halogenated alkanes) is 3. The molecule has 1 aromatic rings. The summed E-state index contributed by atoms with van der Waals surface area (Å²) in [5, 5.41) is 9.78. The summed E-state index contributed by atoms with van der Waals surface area (Å²) in [4.78, 5) is 11.6. The van der Waals surface area contributed by atoms with Gasteiger partial charge >= 0.3 is 0 Å². The third-order valence-electron chi connectivity index (χ3n) is 2.78. The first-order valence-electron chi connectivity index (χ1n) is 6.43. The van der Waals surface area contributed by atoms with Crippen LogP contribution in [0, 0.1) is 0 Å². The van der Waals surface area contributed by atoms with Gasteiger partial charge in [0.2, 0.25) is 0 Å². The average molecular weight is 247 g/mol. The monoisotopic (exact) mass is 247 g/mol. The number of nitrogens with two attached hydrogens (primary N) is 1. The third-order valence-corrected chi connectivity index (χ3v) is 2.78. The van der Waals surface area contributed by atoms with Gasteiger partial charge in [0.25, 0.3) is 0 Å². The molecule has 0 aliphatic rings. The van der Waals surface area contributed by atoms with Gasteiger partial charge in [-0.1, -0.05) is 26.2 Å². The minimum atomic E-state index is -0.0274. The summed E-state index contributed by atoms with van der Waals surface area (Å²) in [6.45, 7) is 2.13. The van der Waals surface area contributed by atoms with Crippen LogP contribution in [0.3, 0.4) is 0 Å². The van der Waals surface area contributed by atoms with Gasteiger partial charge in [-0.2, -0.15) is 0 Å². The van der Waals surface area contributed by atoms with Gasteiger partial charge in [0, 0.05) is 23.7 Å². The van der Waals surface area contributed by atoms with Crippen LogP contribution in [0.2, 0.25) is 0 Å². The zero-order valence-electron chi connectivity index (χ0n) is 10.9. The highest BCUT2D eigenvalue weighted by molar-refractivity contribution is 5.95. The number of rotatable bonds is 7. The molecule has 3 nitrogen and oxygen atoms in total. The molecule has 18 heavy (non-hydrogen) atoms. The molecule has 0 radical (unpaired) electrons. The van der Waals surface area contributed by atoms with Crippen molar-refractivity contribution in [2.24, 2.45) is 0 Å². The molecule has 0 amide bonds. The fourth-order valence-electron chi connectivity index (χ4n) is 1.69. The minimum Gasteiger partial charge on any atom is -0.507 e. The minimum absolute atomic E-state index is 0.00971. The molecule has 0 spiro atoms. The van der Waals surface area contributed by atoms with Gasteiger partial charge in [-0.15, -0.1) is 0 Å². The average Bonchev–Trinajstić information content (AvgIpc) is 2.35. The lowest BCUT2D eigenvalue weighted by Gasteiger charge is -2.01. The van der Waals surface area contributed by atoms with E-state index in [4.69, 9.17) is 5.73 Å². The number of hydrogen-bond donors (Lipinski definition) is 2. The first kappa shape index (κ1) is 14.3. The Kier molecular flexibility index (Phi) is 5.98. The van der Waals surface area contributed by atoms with Gasteiger partial charge in [-0.05, 0) is 30.7 Å². The summed E-state index contributed by atoms with van der Waals surface area (Å²) < 4.78 is 0. The molecule has 1 aromatic carbocycles. The molecular weight excluding hydrogens is 226 g/mol. The molecule has 0 heterocycles. The Morgan fingerprint density at radius 2 is 1.89 bits per heavy atom.